The highest BCUT2D eigenvalue weighted by atomic mass is 16.5. The summed E-state index contributed by atoms with van der Waals surface area (Å²) in [7, 11) is 0. The first-order chi connectivity index (χ1) is 8.31. The van der Waals surface area contributed by atoms with Crippen molar-refractivity contribution in [1.82, 2.24) is 4.90 Å². The number of hydrogen-bond acceptors (Lipinski definition) is 4. The third-order valence-corrected chi connectivity index (χ3v) is 3.76. The maximum Gasteiger partial charge on any atom is 0.307 e. The van der Waals surface area contributed by atoms with E-state index < -0.39 is 0 Å². The third kappa shape index (κ3) is 3.42. The molecule has 4 heteroatoms. The van der Waals surface area contributed by atoms with Crippen molar-refractivity contribution >= 4 is 5.97 Å². The molecule has 0 aromatic carbocycles. The number of ether oxygens (including phenoxy) is 2. The van der Waals surface area contributed by atoms with Crippen LogP contribution in [-0.4, -0.2) is 49.3 Å². The fourth-order valence-corrected chi connectivity index (χ4v) is 2.92. The molecule has 1 aliphatic carbocycles. The largest absolute Gasteiger partial charge is 0.466 e. The predicted molar refractivity (Wildman–Crippen MR) is 64.8 cm³/mol. The molecule has 0 amide bonds. The van der Waals surface area contributed by atoms with Gasteiger partial charge in [0.05, 0.1) is 25.7 Å². The average molecular weight is 241 g/mol. The number of carbonyl (C=O) groups is 1. The number of esters is 1. The van der Waals surface area contributed by atoms with Gasteiger partial charge in [0.1, 0.15) is 0 Å². The summed E-state index contributed by atoms with van der Waals surface area (Å²) in [6.45, 7) is 4.92. The van der Waals surface area contributed by atoms with Gasteiger partial charge in [0.2, 0.25) is 0 Å². The van der Waals surface area contributed by atoms with Crippen molar-refractivity contribution in [3.05, 3.63) is 0 Å². The Morgan fingerprint density at radius 3 is 3.06 bits per heavy atom. The first-order valence-corrected chi connectivity index (χ1v) is 6.82. The molecule has 2 rings (SSSR count). The van der Waals surface area contributed by atoms with Crippen LogP contribution < -0.4 is 0 Å². The quantitative estimate of drug-likeness (QED) is 0.701. The van der Waals surface area contributed by atoms with Crippen LogP contribution in [0, 0.1) is 0 Å². The van der Waals surface area contributed by atoms with E-state index in [4.69, 9.17) is 9.47 Å². The maximum absolute atomic E-state index is 11.4. The minimum absolute atomic E-state index is 0.0775. The summed E-state index contributed by atoms with van der Waals surface area (Å²) in [5.74, 6) is -0.0775. The molecule has 2 unspecified atom stereocenters. The van der Waals surface area contributed by atoms with Crippen LogP contribution in [0.3, 0.4) is 0 Å². The topological polar surface area (TPSA) is 38.8 Å². The zero-order valence-corrected chi connectivity index (χ0v) is 10.7. The van der Waals surface area contributed by atoms with Gasteiger partial charge >= 0.3 is 5.97 Å². The van der Waals surface area contributed by atoms with E-state index in [1.807, 2.05) is 6.92 Å². The molecule has 0 bridgehead atoms. The third-order valence-electron chi connectivity index (χ3n) is 3.76. The van der Waals surface area contributed by atoms with Gasteiger partial charge in [0.15, 0.2) is 0 Å². The van der Waals surface area contributed by atoms with E-state index in [0.717, 1.165) is 19.7 Å². The van der Waals surface area contributed by atoms with E-state index in [2.05, 4.69) is 4.90 Å². The van der Waals surface area contributed by atoms with E-state index in [1.165, 1.54) is 25.7 Å². The second-order valence-corrected chi connectivity index (χ2v) is 4.85. The average Bonchev–Trinajstić information content (AvgIpc) is 2.36. The summed E-state index contributed by atoms with van der Waals surface area (Å²) >= 11 is 0. The molecule has 98 valence electrons. The van der Waals surface area contributed by atoms with Crippen molar-refractivity contribution < 1.29 is 14.3 Å². The Morgan fingerprint density at radius 2 is 2.24 bits per heavy atom. The van der Waals surface area contributed by atoms with Crippen LogP contribution in [-0.2, 0) is 14.3 Å². The molecule has 0 radical (unpaired) electrons. The van der Waals surface area contributed by atoms with Crippen LogP contribution in [0.4, 0.5) is 0 Å². The minimum atomic E-state index is -0.0775. The van der Waals surface area contributed by atoms with Crippen LogP contribution in [0.1, 0.15) is 39.0 Å². The van der Waals surface area contributed by atoms with Gasteiger partial charge in [-0.2, -0.15) is 0 Å². The number of rotatable bonds is 4. The summed E-state index contributed by atoms with van der Waals surface area (Å²) in [5.41, 5.74) is 0. The van der Waals surface area contributed by atoms with Crippen molar-refractivity contribution in [1.29, 1.82) is 0 Å². The van der Waals surface area contributed by atoms with Crippen molar-refractivity contribution in [2.24, 2.45) is 0 Å². The molecule has 1 saturated heterocycles. The second kappa shape index (κ2) is 6.36. The standard InChI is InChI=1S/C13H23NO3/c1-2-16-13(15)7-8-14-9-10-17-12-6-4-3-5-11(12)14/h11-12H,2-10H2,1H3. The molecule has 0 spiro atoms. The van der Waals surface area contributed by atoms with Crippen molar-refractivity contribution in [2.45, 2.75) is 51.2 Å². The van der Waals surface area contributed by atoms with E-state index in [-0.39, 0.29) is 5.97 Å². The van der Waals surface area contributed by atoms with Gasteiger partial charge in [-0.15, -0.1) is 0 Å². The van der Waals surface area contributed by atoms with Gasteiger partial charge in [-0.25, -0.2) is 0 Å². The monoisotopic (exact) mass is 241 g/mol. The molecule has 1 aliphatic heterocycles. The summed E-state index contributed by atoms with van der Waals surface area (Å²) in [6.07, 6.45) is 5.89. The van der Waals surface area contributed by atoms with Crippen molar-refractivity contribution in [3.8, 4) is 0 Å². The maximum atomic E-state index is 11.4. The van der Waals surface area contributed by atoms with Crippen LogP contribution in [0.15, 0.2) is 0 Å². The fraction of sp³-hybridized carbons (Fsp3) is 0.923. The molecule has 17 heavy (non-hydrogen) atoms. The van der Waals surface area contributed by atoms with Crippen LogP contribution in [0.25, 0.3) is 0 Å². The van der Waals surface area contributed by atoms with E-state index in [0.29, 0.717) is 25.2 Å². The second-order valence-electron chi connectivity index (χ2n) is 4.85. The van der Waals surface area contributed by atoms with Gasteiger partial charge in [0, 0.05) is 19.1 Å². The van der Waals surface area contributed by atoms with Gasteiger partial charge in [0.25, 0.3) is 0 Å². The normalized spacial score (nSPS) is 29.7. The lowest BCUT2D eigenvalue weighted by Gasteiger charge is -2.43. The van der Waals surface area contributed by atoms with Gasteiger partial charge in [-0.3, -0.25) is 9.69 Å². The molecule has 2 atom stereocenters. The number of carbonyl (C=O) groups excluding carboxylic acids is 1. The smallest absolute Gasteiger partial charge is 0.307 e. The van der Waals surface area contributed by atoms with Crippen LogP contribution in [0.2, 0.25) is 0 Å². The molecule has 0 N–H and O–H groups in total. The molecular formula is C13H23NO3. The van der Waals surface area contributed by atoms with Gasteiger partial charge in [-0.1, -0.05) is 12.8 Å². The Labute approximate surface area is 103 Å². The van der Waals surface area contributed by atoms with Gasteiger partial charge in [-0.05, 0) is 19.8 Å². The molecule has 0 aromatic heterocycles. The summed E-state index contributed by atoms with van der Waals surface area (Å²) in [5, 5.41) is 0. The zero-order chi connectivity index (χ0) is 12.1. The van der Waals surface area contributed by atoms with Gasteiger partial charge < -0.3 is 9.47 Å². The molecule has 2 fully saturated rings. The molecular weight excluding hydrogens is 218 g/mol. The Bertz CT molecular complexity index is 255. The van der Waals surface area contributed by atoms with Crippen molar-refractivity contribution in [3.63, 3.8) is 0 Å². The molecule has 1 heterocycles. The highest BCUT2D eigenvalue weighted by Crippen LogP contribution is 2.28. The lowest BCUT2D eigenvalue weighted by Crippen LogP contribution is -2.53. The first kappa shape index (κ1) is 12.8. The van der Waals surface area contributed by atoms with E-state index in [9.17, 15) is 4.79 Å². The van der Waals surface area contributed by atoms with Crippen LogP contribution in [0.5, 0.6) is 0 Å². The number of nitrogens with zero attached hydrogens (tertiary/aromatic N) is 1. The predicted octanol–water partition coefficient (Wildman–Crippen LogP) is 1.58. The lowest BCUT2D eigenvalue weighted by molar-refractivity contribution is -0.145. The molecule has 1 saturated carbocycles. The van der Waals surface area contributed by atoms with E-state index >= 15 is 0 Å². The lowest BCUT2D eigenvalue weighted by atomic mass is 9.90. The highest BCUT2D eigenvalue weighted by Gasteiger charge is 2.33. The SMILES string of the molecule is CCOC(=O)CCN1CCOC2CCCCC21. The first-order valence-electron chi connectivity index (χ1n) is 6.82. The van der Waals surface area contributed by atoms with E-state index in [1.54, 1.807) is 0 Å². The zero-order valence-electron chi connectivity index (χ0n) is 10.7. The summed E-state index contributed by atoms with van der Waals surface area (Å²) < 4.78 is 10.8. The van der Waals surface area contributed by atoms with Crippen molar-refractivity contribution in [2.75, 3.05) is 26.3 Å². The molecule has 0 aromatic rings. The summed E-state index contributed by atoms with van der Waals surface area (Å²) in [6, 6.07) is 0.534. The Morgan fingerprint density at radius 1 is 1.41 bits per heavy atom. The Kier molecular flexibility index (Phi) is 4.80. The minimum Gasteiger partial charge on any atom is -0.466 e. The number of fused-ring (bicyclic) bond motifs is 1. The molecule has 4 nitrogen and oxygen atoms in total. The van der Waals surface area contributed by atoms with Crippen LogP contribution >= 0.6 is 0 Å². The Balaban J connectivity index is 1.80. The molecule has 2 aliphatic rings. The fourth-order valence-electron chi connectivity index (χ4n) is 2.92. The summed E-state index contributed by atoms with van der Waals surface area (Å²) in [4.78, 5) is 13.8. The number of hydrogen-bond donors (Lipinski definition) is 0. The Hall–Kier alpha value is -0.610. The number of morpholine rings is 1. The highest BCUT2D eigenvalue weighted by molar-refractivity contribution is 5.69.